The van der Waals surface area contributed by atoms with Crippen molar-refractivity contribution in [3.8, 4) is 5.75 Å². The molecule has 1 aromatic carbocycles. The topological polar surface area (TPSA) is 107 Å². The van der Waals surface area contributed by atoms with E-state index in [-0.39, 0.29) is 36.5 Å². The molecule has 0 saturated heterocycles. The summed E-state index contributed by atoms with van der Waals surface area (Å²) in [6, 6.07) is 4.55. The molecule has 1 amide bonds. The number of nitrogens with two attached hydrogens (primary N) is 1. The normalized spacial score (nSPS) is 10.5. The Balaban J connectivity index is 2.70. The lowest BCUT2D eigenvalue weighted by Crippen LogP contribution is -2.37. The summed E-state index contributed by atoms with van der Waals surface area (Å²) in [5.74, 6) is -0.224. The number of nitrogens with one attached hydrogen (secondary N) is 1. The van der Waals surface area contributed by atoms with Gasteiger partial charge in [-0.15, -0.1) is 0 Å². The summed E-state index contributed by atoms with van der Waals surface area (Å²) in [5, 5.41) is 13.8. The van der Waals surface area contributed by atoms with Crippen LogP contribution in [-0.2, 0) is 11.3 Å². The van der Waals surface area contributed by atoms with Crippen molar-refractivity contribution in [3.63, 3.8) is 0 Å². The maximum absolute atomic E-state index is 11.7. The highest BCUT2D eigenvalue weighted by Crippen LogP contribution is 2.27. The zero-order valence-corrected chi connectivity index (χ0v) is 12.3. The first-order valence-corrected chi connectivity index (χ1v) is 6.91. The molecule has 0 saturated carbocycles. The van der Waals surface area contributed by atoms with Crippen molar-refractivity contribution >= 4 is 11.6 Å². The Hall–Kier alpha value is -2.15. The van der Waals surface area contributed by atoms with Gasteiger partial charge in [-0.2, -0.15) is 0 Å². The minimum absolute atomic E-state index is 0.0666. The second-order valence-corrected chi connectivity index (χ2v) is 4.63. The van der Waals surface area contributed by atoms with Crippen molar-refractivity contribution in [2.45, 2.75) is 39.3 Å². The zero-order valence-electron chi connectivity index (χ0n) is 12.3. The molecule has 7 heteroatoms. The molecular formula is C14H21N3O4. The van der Waals surface area contributed by atoms with Crippen LogP contribution in [-0.4, -0.2) is 23.5 Å². The molecule has 0 atom stereocenters. The number of carbonyl (C=O) groups is 1. The van der Waals surface area contributed by atoms with Gasteiger partial charge in [0.1, 0.15) is 0 Å². The Labute approximate surface area is 123 Å². The average molecular weight is 295 g/mol. The van der Waals surface area contributed by atoms with E-state index in [1.807, 2.05) is 13.8 Å². The number of amides is 1. The molecular weight excluding hydrogens is 274 g/mol. The number of carbonyl (C=O) groups excluding carboxylic acids is 1. The standard InChI is InChI=1S/C14H21N3O4/c1-3-11(4-2)16-14(18)9-21-13-6-5-10(8-15)7-12(13)17(19)20/h5-7,11H,3-4,8-9,15H2,1-2H3,(H,16,18). The number of ether oxygens (including phenoxy) is 1. The molecule has 0 aromatic heterocycles. The molecule has 0 aliphatic rings. The van der Waals surface area contributed by atoms with Gasteiger partial charge in [0.2, 0.25) is 0 Å². The van der Waals surface area contributed by atoms with Crippen molar-refractivity contribution in [2.75, 3.05) is 6.61 Å². The van der Waals surface area contributed by atoms with Gasteiger partial charge in [0.05, 0.1) is 4.92 Å². The lowest BCUT2D eigenvalue weighted by molar-refractivity contribution is -0.385. The van der Waals surface area contributed by atoms with Gasteiger partial charge >= 0.3 is 5.69 Å². The number of nitrogens with zero attached hydrogens (tertiary/aromatic N) is 1. The third-order valence-corrected chi connectivity index (χ3v) is 3.17. The molecule has 0 spiro atoms. The zero-order chi connectivity index (χ0) is 15.8. The maximum Gasteiger partial charge on any atom is 0.311 e. The molecule has 0 aliphatic heterocycles. The van der Waals surface area contributed by atoms with Gasteiger partial charge in [-0.05, 0) is 24.5 Å². The van der Waals surface area contributed by atoms with E-state index in [1.54, 1.807) is 6.07 Å². The fourth-order valence-electron chi connectivity index (χ4n) is 1.86. The highest BCUT2D eigenvalue weighted by Gasteiger charge is 2.17. The van der Waals surface area contributed by atoms with Crippen molar-refractivity contribution in [2.24, 2.45) is 5.73 Å². The number of rotatable bonds is 8. The molecule has 0 fully saturated rings. The first-order valence-electron chi connectivity index (χ1n) is 6.91. The third-order valence-electron chi connectivity index (χ3n) is 3.17. The van der Waals surface area contributed by atoms with E-state index in [0.29, 0.717) is 5.56 Å². The minimum Gasteiger partial charge on any atom is -0.477 e. The Morgan fingerprint density at radius 1 is 1.43 bits per heavy atom. The van der Waals surface area contributed by atoms with E-state index in [9.17, 15) is 14.9 Å². The Morgan fingerprint density at radius 3 is 2.62 bits per heavy atom. The second-order valence-electron chi connectivity index (χ2n) is 4.63. The maximum atomic E-state index is 11.7. The summed E-state index contributed by atoms with van der Waals surface area (Å²) in [6.45, 7) is 3.91. The summed E-state index contributed by atoms with van der Waals surface area (Å²) in [4.78, 5) is 22.2. The van der Waals surface area contributed by atoms with Gasteiger partial charge in [0.25, 0.3) is 5.91 Å². The van der Waals surface area contributed by atoms with Crippen LogP contribution in [0.4, 0.5) is 5.69 Å². The number of benzene rings is 1. The number of hydrogen-bond acceptors (Lipinski definition) is 5. The quantitative estimate of drug-likeness (QED) is 0.561. The van der Waals surface area contributed by atoms with E-state index in [4.69, 9.17) is 10.5 Å². The fraction of sp³-hybridized carbons (Fsp3) is 0.500. The number of hydrogen-bond donors (Lipinski definition) is 2. The Bertz CT molecular complexity index is 501. The van der Waals surface area contributed by atoms with Crippen LogP contribution in [0.2, 0.25) is 0 Å². The van der Waals surface area contributed by atoms with Crippen molar-refractivity contribution in [1.29, 1.82) is 0 Å². The van der Waals surface area contributed by atoms with Gasteiger partial charge in [-0.25, -0.2) is 0 Å². The van der Waals surface area contributed by atoms with Crippen LogP contribution in [0.1, 0.15) is 32.3 Å². The van der Waals surface area contributed by atoms with Crippen LogP contribution in [0.25, 0.3) is 0 Å². The van der Waals surface area contributed by atoms with Gasteiger partial charge in [0.15, 0.2) is 12.4 Å². The second kappa shape index (κ2) is 8.21. The molecule has 0 heterocycles. The molecule has 3 N–H and O–H groups in total. The largest absolute Gasteiger partial charge is 0.477 e. The van der Waals surface area contributed by atoms with E-state index in [2.05, 4.69) is 5.32 Å². The number of nitro groups is 1. The van der Waals surface area contributed by atoms with Crippen molar-refractivity contribution < 1.29 is 14.5 Å². The summed E-state index contributed by atoms with van der Waals surface area (Å²) in [7, 11) is 0. The molecule has 1 rings (SSSR count). The Kier molecular flexibility index (Phi) is 6.61. The van der Waals surface area contributed by atoms with Gasteiger partial charge in [-0.1, -0.05) is 19.9 Å². The van der Waals surface area contributed by atoms with Crippen molar-refractivity contribution in [3.05, 3.63) is 33.9 Å². The van der Waals surface area contributed by atoms with E-state index < -0.39 is 4.92 Å². The average Bonchev–Trinajstić information content (AvgIpc) is 2.50. The van der Waals surface area contributed by atoms with Crippen LogP contribution >= 0.6 is 0 Å². The smallest absolute Gasteiger partial charge is 0.311 e. The summed E-state index contributed by atoms with van der Waals surface area (Å²) >= 11 is 0. The molecule has 0 radical (unpaired) electrons. The van der Waals surface area contributed by atoms with Gasteiger partial charge in [0, 0.05) is 18.7 Å². The summed E-state index contributed by atoms with van der Waals surface area (Å²) < 4.78 is 5.26. The van der Waals surface area contributed by atoms with Crippen LogP contribution in [0.3, 0.4) is 0 Å². The van der Waals surface area contributed by atoms with Crippen LogP contribution < -0.4 is 15.8 Å². The predicted molar refractivity (Wildman–Crippen MR) is 79.0 cm³/mol. The first kappa shape index (κ1) is 16.9. The van der Waals surface area contributed by atoms with Gasteiger partial charge < -0.3 is 15.8 Å². The summed E-state index contributed by atoms with van der Waals surface area (Å²) in [6.07, 6.45) is 1.65. The van der Waals surface area contributed by atoms with Crippen LogP contribution in [0, 0.1) is 10.1 Å². The van der Waals surface area contributed by atoms with Crippen LogP contribution in [0.5, 0.6) is 5.75 Å². The lowest BCUT2D eigenvalue weighted by Gasteiger charge is -2.15. The SMILES string of the molecule is CCC(CC)NC(=O)COc1ccc(CN)cc1[N+](=O)[O-]. The fourth-order valence-corrected chi connectivity index (χ4v) is 1.86. The third kappa shape index (κ3) is 5.03. The molecule has 1 aromatic rings. The minimum atomic E-state index is -0.548. The predicted octanol–water partition coefficient (Wildman–Crippen LogP) is 1.74. The van der Waals surface area contributed by atoms with Gasteiger partial charge in [-0.3, -0.25) is 14.9 Å². The molecule has 0 bridgehead atoms. The molecule has 0 unspecified atom stereocenters. The molecule has 7 nitrogen and oxygen atoms in total. The van der Waals surface area contributed by atoms with E-state index >= 15 is 0 Å². The highest BCUT2D eigenvalue weighted by atomic mass is 16.6. The highest BCUT2D eigenvalue weighted by molar-refractivity contribution is 5.78. The van der Waals surface area contributed by atoms with Crippen molar-refractivity contribution in [1.82, 2.24) is 5.32 Å². The summed E-state index contributed by atoms with van der Waals surface area (Å²) in [5.41, 5.74) is 5.90. The first-order chi connectivity index (χ1) is 10.0. The monoisotopic (exact) mass is 295 g/mol. The molecule has 116 valence electrons. The lowest BCUT2D eigenvalue weighted by atomic mass is 10.2. The number of nitro benzene ring substituents is 1. The molecule has 21 heavy (non-hydrogen) atoms. The Morgan fingerprint density at radius 2 is 2.10 bits per heavy atom. The molecule has 0 aliphatic carbocycles. The van der Waals surface area contributed by atoms with E-state index in [0.717, 1.165) is 12.8 Å². The van der Waals surface area contributed by atoms with Crippen LogP contribution in [0.15, 0.2) is 18.2 Å². The van der Waals surface area contributed by atoms with E-state index in [1.165, 1.54) is 12.1 Å².